The summed E-state index contributed by atoms with van der Waals surface area (Å²) in [5.41, 5.74) is 1.41. The summed E-state index contributed by atoms with van der Waals surface area (Å²) in [7, 11) is 0. The lowest BCUT2D eigenvalue weighted by molar-refractivity contribution is -0.135. The highest BCUT2D eigenvalue weighted by Gasteiger charge is 2.65. The van der Waals surface area contributed by atoms with E-state index in [4.69, 9.17) is 16.3 Å². The lowest BCUT2D eigenvalue weighted by Gasteiger charge is -2.36. The topological polar surface area (TPSA) is 87.7 Å². The highest BCUT2D eigenvalue weighted by atomic mass is 35.5. The van der Waals surface area contributed by atoms with Gasteiger partial charge in [-0.05, 0) is 75.2 Å². The monoisotopic (exact) mass is 453 g/mol. The number of hydrogen-bond acceptors (Lipinski definition) is 5. The normalized spacial score (nSPS) is 26.0. The van der Waals surface area contributed by atoms with Crippen molar-refractivity contribution in [2.45, 2.75) is 37.8 Å². The molecule has 0 aromatic heterocycles. The molecule has 2 amide bonds. The molecule has 2 saturated heterocycles. The first kappa shape index (κ1) is 21.0. The zero-order valence-corrected chi connectivity index (χ0v) is 18.4. The van der Waals surface area contributed by atoms with Gasteiger partial charge in [0.1, 0.15) is 5.54 Å². The van der Waals surface area contributed by atoms with Crippen molar-refractivity contribution in [1.82, 2.24) is 4.90 Å². The second-order valence-electron chi connectivity index (χ2n) is 8.48. The molecule has 2 fully saturated rings. The van der Waals surface area contributed by atoms with E-state index in [1.807, 2.05) is 6.07 Å². The van der Waals surface area contributed by atoms with Crippen LogP contribution in [0.1, 0.15) is 42.1 Å². The summed E-state index contributed by atoms with van der Waals surface area (Å²) in [6.07, 6.45) is 2.56. The summed E-state index contributed by atoms with van der Waals surface area (Å²) in [5, 5.41) is 6.48. The lowest BCUT2D eigenvalue weighted by Crippen LogP contribution is -2.53. The molecule has 0 bridgehead atoms. The van der Waals surface area contributed by atoms with Crippen molar-refractivity contribution in [2.75, 3.05) is 23.8 Å². The SMILES string of the molecule is CCOC(=O)c1ccc(NC(=O)[C@@H]2C[C@H]3CCCN3[C@@]23C(=O)Nc2ccc(Cl)cc23)cc1. The van der Waals surface area contributed by atoms with E-state index < -0.39 is 17.4 Å². The van der Waals surface area contributed by atoms with E-state index in [1.54, 1.807) is 43.3 Å². The second kappa shape index (κ2) is 7.90. The van der Waals surface area contributed by atoms with E-state index in [9.17, 15) is 14.4 Å². The van der Waals surface area contributed by atoms with Crippen LogP contribution in [0.15, 0.2) is 42.5 Å². The molecule has 32 heavy (non-hydrogen) atoms. The average Bonchev–Trinajstić information content (AvgIpc) is 3.43. The molecular weight excluding hydrogens is 430 g/mol. The molecule has 0 saturated carbocycles. The van der Waals surface area contributed by atoms with Crippen LogP contribution in [0.2, 0.25) is 5.02 Å². The third kappa shape index (κ3) is 3.11. The van der Waals surface area contributed by atoms with Crippen LogP contribution in [-0.4, -0.2) is 41.9 Å². The van der Waals surface area contributed by atoms with Gasteiger partial charge in [-0.1, -0.05) is 11.6 Å². The molecule has 2 aromatic carbocycles. The summed E-state index contributed by atoms with van der Waals surface area (Å²) in [6, 6.07) is 12.1. The van der Waals surface area contributed by atoms with Gasteiger partial charge >= 0.3 is 5.97 Å². The van der Waals surface area contributed by atoms with E-state index in [0.717, 1.165) is 24.9 Å². The second-order valence-corrected chi connectivity index (χ2v) is 8.91. The molecular formula is C24H24ClN3O4. The number of rotatable bonds is 4. The van der Waals surface area contributed by atoms with Crippen LogP contribution >= 0.6 is 11.6 Å². The Morgan fingerprint density at radius 2 is 2.03 bits per heavy atom. The first-order chi connectivity index (χ1) is 15.4. The molecule has 2 N–H and O–H groups in total. The predicted octanol–water partition coefficient (Wildman–Crippen LogP) is 3.79. The first-order valence-electron chi connectivity index (χ1n) is 10.9. The van der Waals surface area contributed by atoms with Gasteiger partial charge in [0.15, 0.2) is 0 Å². The van der Waals surface area contributed by atoms with Crippen molar-refractivity contribution in [3.05, 3.63) is 58.6 Å². The van der Waals surface area contributed by atoms with E-state index in [-0.39, 0.29) is 17.9 Å². The number of nitrogens with one attached hydrogen (secondary N) is 2. The van der Waals surface area contributed by atoms with Gasteiger partial charge in [-0.2, -0.15) is 0 Å². The van der Waals surface area contributed by atoms with Gasteiger partial charge in [0.25, 0.3) is 0 Å². The number of esters is 1. The zero-order valence-electron chi connectivity index (χ0n) is 17.7. The third-order valence-corrected chi connectivity index (χ3v) is 7.04. The van der Waals surface area contributed by atoms with Crippen molar-refractivity contribution in [1.29, 1.82) is 0 Å². The molecule has 3 atom stereocenters. The van der Waals surface area contributed by atoms with Crippen LogP contribution in [0.3, 0.4) is 0 Å². The van der Waals surface area contributed by atoms with Crippen LogP contribution in [0, 0.1) is 5.92 Å². The molecule has 0 radical (unpaired) electrons. The molecule has 3 heterocycles. The highest BCUT2D eigenvalue weighted by Crippen LogP contribution is 2.55. The maximum atomic E-state index is 13.5. The smallest absolute Gasteiger partial charge is 0.338 e. The van der Waals surface area contributed by atoms with E-state index in [1.165, 1.54) is 0 Å². The molecule has 3 aliphatic rings. The fourth-order valence-electron chi connectivity index (χ4n) is 5.53. The van der Waals surface area contributed by atoms with Crippen LogP contribution in [0.5, 0.6) is 0 Å². The Balaban J connectivity index is 1.47. The maximum Gasteiger partial charge on any atom is 0.338 e. The van der Waals surface area contributed by atoms with Crippen LogP contribution in [-0.2, 0) is 19.9 Å². The van der Waals surface area contributed by atoms with Gasteiger partial charge in [-0.15, -0.1) is 0 Å². The Labute approximate surface area is 191 Å². The Hall–Kier alpha value is -2.90. The largest absolute Gasteiger partial charge is 0.462 e. The highest BCUT2D eigenvalue weighted by molar-refractivity contribution is 6.31. The first-order valence-corrected chi connectivity index (χ1v) is 11.3. The van der Waals surface area contributed by atoms with Crippen LogP contribution in [0.25, 0.3) is 0 Å². The molecule has 0 aliphatic carbocycles. The number of benzene rings is 2. The Morgan fingerprint density at radius 1 is 1.25 bits per heavy atom. The van der Waals surface area contributed by atoms with Crippen molar-refractivity contribution in [3.8, 4) is 0 Å². The van der Waals surface area contributed by atoms with Crippen molar-refractivity contribution < 1.29 is 19.1 Å². The number of halogens is 1. The summed E-state index contributed by atoms with van der Waals surface area (Å²) < 4.78 is 5.00. The predicted molar refractivity (Wildman–Crippen MR) is 121 cm³/mol. The molecule has 1 spiro atoms. The number of carbonyl (C=O) groups is 3. The van der Waals surface area contributed by atoms with Gasteiger partial charge in [0, 0.05) is 28.0 Å². The fraction of sp³-hybridized carbons (Fsp3) is 0.375. The summed E-state index contributed by atoms with van der Waals surface area (Å²) >= 11 is 6.30. The summed E-state index contributed by atoms with van der Waals surface area (Å²) in [4.78, 5) is 41.0. The van der Waals surface area contributed by atoms with Gasteiger partial charge < -0.3 is 15.4 Å². The Bertz CT molecular complexity index is 1100. The van der Waals surface area contributed by atoms with Gasteiger partial charge in [0.05, 0.1) is 18.1 Å². The van der Waals surface area contributed by atoms with Gasteiger partial charge in [-0.25, -0.2) is 4.79 Å². The Kier molecular flexibility index (Phi) is 5.18. The van der Waals surface area contributed by atoms with E-state index in [0.29, 0.717) is 35.0 Å². The molecule has 166 valence electrons. The summed E-state index contributed by atoms with van der Waals surface area (Å²) in [6.45, 7) is 2.81. The quantitative estimate of drug-likeness (QED) is 0.688. The van der Waals surface area contributed by atoms with Crippen molar-refractivity contribution >= 4 is 40.8 Å². The number of hydrogen-bond donors (Lipinski definition) is 2. The molecule has 0 unspecified atom stereocenters. The molecule has 8 heteroatoms. The Morgan fingerprint density at radius 3 is 2.78 bits per heavy atom. The fourth-order valence-corrected chi connectivity index (χ4v) is 5.70. The minimum Gasteiger partial charge on any atom is -0.462 e. The number of amides is 2. The summed E-state index contributed by atoms with van der Waals surface area (Å²) in [5.74, 6) is -1.35. The third-order valence-electron chi connectivity index (χ3n) is 6.81. The molecule has 2 aromatic rings. The van der Waals surface area contributed by atoms with Crippen molar-refractivity contribution in [2.24, 2.45) is 5.92 Å². The van der Waals surface area contributed by atoms with E-state index in [2.05, 4.69) is 15.5 Å². The van der Waals surface area contributed by atoms with Crippen LogP contribution in [0.4, 0.5) is 11.4 Å². The average molecular weight is 454 g/mol. The van der Waals surface area contributed by atoms with E-state index >= 15 is 0 Å². The minimum absolute atomic E-state index is 0.169. The van der Waals surface area contributed by atoms with Crippen molar-refractivity contribution in [3.63, 3.8) is 0 Å². The van der Waals surface area contributed by atoms with Gasteiger partial charge in [-0.3, -0.25) is 14.5 Å². The number of fused-ring (bicyclic) bond motifs is 4. The van der Waals surface area contributed by atoms with Crippen LogP contribution < -0.4 is 10.6 Å². The molecule has 5 rings (SSSR count). The lowest BCUT2D eigenvalue weighted by atomic mass is 9.78. The van der Waals surface area contributed by atoms with Gasteiger partial charge in [0.2, 0.25) is 11.8 Å². The minimum atomic E-state index is -1.06. The zero-order chi connectivity index (χ0) is 22.5. The number of nitrogens with zero attached hydrogens (tertiary/aromatic N) is 1. The number of carbonyl (C=O) groups excluding carboxylic acids is 3. The number of ether oxygens (including phenoxy) is 1. The maximum absolute atomic E-state index is 13.5. The number of anilines is 2. The molecule has 3 aliphatic heterocycles. The molecule has 7 nitrogen and oxygen atoms in total. The standard InChI is InChI=1S/C24H24ClN3O4/c1-2-32-22(30)14-5-8-16(9-6-14)26-21(29)19-13-17-4-3-11-28(17)24(19)18-12-15(25)7-10-20(18)27-23(24)31/h5-10,12,17,19H,2-4,11,13H2,1H3,(H,26,29)(H,27,31)/t17-,19+,24-/m1/s1.